The van der Waals surface area contributed by atoms with E-state index in [9.17, 15) is 4.79 Å². The van der Waals surface area contributed by atoms with Gasteiger partial charge in [-0.15, -0.1) is 0 Å². The lowest BCUT2D eigenvalue weighted by Crippen LogP contribution is -2.53. The van der Waals surface area contributed by atoms with Gasteiger partial charge in [0.15, 0.2) is 5.88 Å². The number of nitrogens with zero attached hydrogens (tertiary/aromatic N) is 3. The Hall–Kier alpha value is -3.19. The van der Waals surface area contributed by atoms with Crippen LogP contribution in [-0.2, 0) is 9.53 Å². The van der Waals surface area contributed by atoms with Gasteiger partial charge in [-0.2, -0.15) is 0 Å². The molecular formula is C22H24ClN5O2. The van der Waals surface area contributed by atoms with Crippen molar-refractivity contribution in [3.05, 3.63) is 70.7 Å². The van der Waals surface area contributed by atoms with Crippen LogP contribution in [0.4, 0.5) is 5.82 Å². The SMILES string of the molecule is N/C(Cl)=C(\C=C(/N)OC1CN(c2ccc3ccccc3n2)C1)C1=CCN(C=O)CC1. The third-order valence-electron chi connectivity index (χ3n) is 5.34. The van der Waals surface area contributed by atoms with Gasteiger partial charge in [0.05, 0.1) is 18.6 Å². The number of benzene rings is 1. The van der Waals surface area contributed by atoms with E-state index in [0.717, 1.165) is 28.7 Å². The highest BCUT2D eigenvalue weighted by molar-refractivity contribution is 6.29. The van der Waals surface area contributed by atoms with Crippen LogP contribution in [0.15, 0.2) is 70.7 Å². The van der Waals surface area contributed by atoms with Crippen molar-refractivity contribution in [3.8, 4) is 0 Å². The van der Waals surface area contributed by atoms with Gasteiger partial charge in [-0.05, 0) is 30.2 Å². The lowest BCUT2D eigenvalue weighted by atomic mass is 10.00. The first-order chi connectivity index (χ1) is 14.5. The first kappa shape index (κ1) is 20.1. The molecule has 0 spiro atoms. The van der Waals surface area contributed by atoms with Crippen molar-refractivity contribution >= 4 is 34.7 Å². The van der Waals surface area contributed by atoms with Gasteiger partial charge >= 0.3 is 0 Å². The van der Waals surface area contributed by atoms with E-state index in [0.29, 0.717) is 38.2 Å². The summed E-state index contributed by atoms with van der Waals surface area (Å²) in [6.45, 7) is 2.55. The molecule has 156 valence electrons. The maximum Gasteiger partial charge on any atom is 0.209 e. The van der Waals surface area contributed by atoms with E-state index in [4.69, 9.17) is 32.8 Å². The fourth-order valence-electron chi connectivity index (χ4n) is 3.64. The average Bonchev–Trinajstić information content (AvgIpc) is 2.74. The Morgan fingerprint density at radius 2 is 2.00 bits per heavy atom. The Balaban J connectivity index is 1.37. The summed E-state index contributed by atoms with van der Waals surface area (Å²) in [6.07, 6.45) is 5.07. The molecule has 2 aliphatic heterocycles. The summed E-state index contributed by atoms with van der Waals surface area (Å²) in [5.74, 6) is 1.19. The molecule has 1 fully saturated rings. The normalized spacial score (nSPS) is 18.6. The topological polar surface area (TPSA) is 97.7 Å². The minimum atomic E-state index is -0.0294. The second-order valence-electron chi connectivity index (χ2n) is 7.40. The Morgan fingerprint density at radius 1 is 1.20 bits per heavy atom. The van der Waals surface area contributed by atoms with Crippen LogP contribution in [0, 0.1) is 0 Å². The molecule has 2 aromatic rings. The highest BCUT2D eigenvalue weighted by Gasteiger charge is 2.30. The molecule has 1 aromatic carbocycles. The van der Waals surface area contributed by atoms with Gasteiger partial charge in [-0.1, -0.05) is 35.9 Å². The molecule has 7 nitrogen and oxygen atoms in total. The molecule has 2 aliphatic rings. The van der Waals surface area contributed by atoms with Gasteiger partial charge in [0, 0.05) is 30.1 Å². The van der Waals surface area contributed by atoms with Crippen molar-refractivity contribution < 1.29 is 9.53 Å². The van der Waals surface area contributed by atoms with Crippen LogP contribution in [-0.4, -0.2) is 48.6 Å². The second-order valence-corrected chi connectivity index (χ2v) is 7.80. The van der Waals surface area contributed by atoms with E-state index >= 15 is 0 Å². The summed E-state index contributed by atoms with van der Waals surface area (Å²) in [5.41, 5.74) is 14.5. The molecular weight excluding hydrogens is 402 g/mol. The minimum Gasteiger partial charge on any atom is -0.472 e. The third kappa shape index (κ3) is 4.36. The summed E-state index contributed by atoms with van der Waals surface area (Å²) in [4.78, 5) is 19.4. The van der Waals surface area contributed by atoms with Crippen molar-refractivity contribution in [2.45, 2.75) is 12.5 Å². The van der Waals surface area contributed by atoms with Crippen LogP contribution >= 0.6 is 11.6 Å². The fourth-order valence-corrected chi connectivity index (χ4v) is 3.82. The van der Waals surface area contributed by atoms with Crippen LogP contribution in [0.3, 0.4) is 0 Å². The fraction of sp³-hybridized carbons (Fsp3) is 0.273. The molecule has 1 amide bonds. The quantitative estimate of drug-likeness (QED) is 0.319. The smallest absolute Gasteiger partial charge is 0.209 e. The summed E-state index contributed by atoms with van der Waals surface area (Å²) < 4.78 is 5.87. The van der Waals surface area contributed by atoms with Crippen molar-refractivity contribution in [2.24, 2.45) is 11.5 Å². The van der Waals surface area contributed by atoms with Crippen LogP contribution in [0.25, 0.3) is 10.9 Å². The number of anilines is 1. The minimum absolute atomic E-state index is 0.0294. The van der Waals surface area contributed by atoms with Gasteiger partial charge in [0.2, 0.25) is 6.41 Å². The zero-order valence-corrected chi connectivity index (χ0v) is 17.3. The standard InChI is InChI=1S/C22H24ClN5O2/c23-22(25)18(15-7-9-27(14-29)10-8-15)11-20(24)30-17-12-28(13-17)21-6-5-16-3-1-2-4-19(16)26-21/h1-7,11,14,17H,8-10,12-13,24-25H2/b20-11+,22-18+. The van der Waals surface area contributed by atoms with Gasteiger partial charge in [-0.25, -0.2) is 4.98 Å². The molecule has 8 heteroatoms. The zero-order chi connectivity index (χ0) is 21.1. The van der Waals surface area contributed by atoms with E-state index in [1.165, 1.54) is 0 Å². The number of allylic oxidation sites excluding steroid dienone is 2. The van der Waals surface area contributed by atoms with Gasteiger partial charge in [0.1, 0.15) is 17.1 Å². The number of ether oxygens (including phenoxy) is 1. The molecule has 1 saturated heterocycles. The Morgan fingerprint density at radius 3 is 2.70 bits per heavy atom. The highest BCUT2D eigenvalue weighted by atomic mass is 35.5. The third-order valence-corrected chi connectivity index (χ3v) is 5.54. The number of hydrogen-bond donors (Lipinski definition) is 2. The molecule has 0 aliphatic carbocycles. The van der Waals surface area contributed by atoms with Crippen LogP contribution in [0.1, 0.15) is 6.42 Å². The number of rotatable bonds is 6. The summed E-state index contributed by atoms with van der Waals surface area (Å²) >= 11 is 6.09. The number of amides is 1. The lowest BCUT2D eigenvalue weighted by Gasteiger charge is -2.39. The molecule has 4 N–H and O–H groups in total. The summed E-state index contributed by atoms with van der Waals surface area (Å²) in [7, 11) is 0. The number of hydrogen-bond acceptors (Lipinski definition) is 6. The number of halogens is 1. The van der Waals surface area contributed by atoms with Gasteiger partial charge in [0.25, 0.3) is 0 Å². The van der Waals surface area contributed by atoms with E-state index in [-0.39, 0.29) is 17.1 Å². The van der Waals surface area contributed by atoms with E-state index < -0.39 is 0 Å². The van der Waals surface area contributed by atoms with E-state index in [1.54, 1.807) is 11.0 Å². The van der Waals surface area contributed by atoms with Crippen molar-refractivity contribution in [2.75, 3.05) is 31.1 Å². The highest BCUT2D eigenvalue weighted by Crippen LogP contribution is 2.26. The maximum absolute atomic E-state index is 10.9. The number of carbonyl (C=O) groups excluding carboxylic acids is 1. The number of pyridine rings is 1. The Bertz CT molecular complexity index is 1040. The van der Waals surface area contributed by atoms with Crippen LogP contribution < -0.4 is 16.4 Å². The summed E-state index contributed by atoms with van der Waals surface area (Å²) in [5, 5.41) is 1.27. The molecule has 0 bridgehead atoms. The molecule has 4 rings (SSSR count). The Kier molecular flexibility index (Phi) is 5.81. The maximum atomic E-state index is 10.9. The predicted octanol–water partition coefficient (Wildman–Crippen LogP) is 2.44. The number of nitrogens with two attached hydrogens (primary N) is 2. The monoisotopic (exact) mass is 425 g/mol. The molecule has 30 heavy (non-hydrogen) atoms. The van der Waals surface area contributed by atoms with Crippen molar-refractivity contribution in [1.29, 1.82) is 0 Å². The lowest BCUT2D eigenvalue weighted by molar-refractivity contribution is -0.117. The number of para-hydroxylation sites is 1. The van der Waals surface area contributed by atoms with Gasteiger partial charge in [-0.3, -0.25) is 4.79 Å². The zero-order valence-electron chi connectivity index (χ0n) is 16.5. The first-order valence-corrected chi connectivity index (χ1v) is 10.2. The number of fused-ring (bicyclic) bond motifs is 1. The van der Waals surface area contributed by atoms with E-state index in [2.05, 4.69) is 11.0 Å². The molecule has 0 saturated carbocycles. The van der Waals surface area contributed by atoms with E-state index in [1.807, 2.05) is 36.4 Å². The van der Waals surface area contributed by atoms with Crippen LogP contribution in [0.2, 0.25) is 0 Å². The Labute approximate surface area is 180 Å². The average molecular weight is 426 g/mol. The van der Waals surface area contributed by atoms with Crippen LogP contribution in [0.5, 0.6) is 0 Å². The van der Waals surface area contributed by atoms with Crippen molar-refractivity contribution in [1.82, 2.24) is 9.88 Å². The predicted molar refractivity (Wildman–Crippen MR) is 119 cm³/mol. The molecule has 3 heterocycles. The number of aromatic nitrogens is 1. The second kappa shape index (κ2) is 8.67. The molecule has 1 aromatic heterocycles. The summed E-state index contributed by atoms with van der Waals surface area (Å²) in [6, 6.07) is 12.1. The van der Waals surface area contributed by atoms with Crippen molar-refractivity contribution in [3.63, 3.8) is 0 Å². The molecule has 0 atom stereocenters. The van der Waals surface area contributed by atoms with Gasteiger partial charge < -0.3 is 26.0 Å². The first-order valence-electron chi connectivity index (χ1n) is 9.82. The number of carbonyl (C=O) groups is 1. The largest absolute Gasteiger partial charge is 0.472 e. The molecule has 0 unspecified atom stereocenters. The molecule has 0 radical (unpaired) electrons.